The highest BCUT2D eigenvalue weighted by atomic mass is 16.2. The number of hydrazine groups is 1. The molecule has 19 heavy (non-hydrogen) atoms. The third-order valence-electron chi connectivity index (χ3n) is 3.85. The van der Waals surface area contributed by atoms with Crippen molar-refractivity contribution in [2.45, 2.75) is 52.1 Å². The summed E-state index contributed by atoms with van der Waals surface area (Å²) in [7, 11) is 0. The number of piperidine rings is 1. The molecule has 1 aliphatic rings. The van der Waals surface area contributed by atoms with Crippen molar-refractivity contribution in [3.8, 4) is 0 Å². The van der Waals surface area contributed by atoms with Crippen molar-refractivity contribution in [3.63, 3.8) is 0 Å². The Bertz CT molecular complexity index is 465. The van der Waals surface area contributed by atoms with Crippen molar-refractivity contribution in [2.75, 3.05) is 5.43 Å². The van der Waals surface area contributed by atoms with Gasteiger partial charge in [-0.1, -0.05) is 0 Å². The number of likely N-dealkylation sites (tertiary alicyclic amines) is 1. The smallest absolute Gasteiger partial charge is 0.258 e. The summed E-state index contributed by atoms with van der Waals surface area (Å²) in [6.45, 7) is 6.08. The van der Waals surface area contributed by atoms with Crippen molar-refractivity contribution in [2.24, 2.45) is 5.84 Å². The summed E-state index contributed by atoms with van der Waals surface area (Å²) >= 11 is 0. The molecular formula is C14H22N4O. The Morgan fingerprint density at radius 2 is 2.05 bits per heavy atom. The first kappa shape index (κ1) is 13.8. The Morgan fingerprint density at radius 1 is 1.42 bits per heavy atom. The monoisotopic (exact) mass is 262 g/mol. The van der Waals surface area contributed by atoms with E-state index in [0.29, 0.717) is 11.3 Å². The first-order valence-electron chi connectivity index (χ1n) is 6.80. The van der Waals surface area contributed by atoms with E-state index in [4.69, 9.17) is 5.84 Å². The van der Waals surface area contributed by atoms with E-state index in [1.54, 1.807) is 12.3 Å². The first-order chi connectivity index (χ1) is 9.04. The van der Waals surface area contributed by atoms with Crippen molar-refractivity contribution < 1.29 is 4.79 Å². The minimum atomic E-state index is 0.0140. The molecule has 5 nitrogen and oxygen atoms in total. The third-order valence-corrected chi connectivity index (χ3v) is 3.85. The maximum absolute atomic E-state index is 12.7. The fourth-order valence-corrected chi connectivity index (χ4v) is 2.81. The molecule has 2 heterocycles. The van der Waals surface area contributed by atoms with Gasteiger partial charge in [-0.25, -0.2) is 0 Å². The van der Waals surface area contributed by atoms with Crippen molar-refractivity contribution in [1.82, 2.24) is 9.88 Å². The van der Waals surface area contributed by atoms with E-state index in [-0.39, 0.29) is 18.0 Å². The van der Waals surface area contributed by atoms with Gasteiger partial charge >= 0.3 is 0 Å². The van der Waals surface area contributed by atoms with Crippen LogP contribution in [0.5, 0.6) is 0 Å². The Hall–Kier alpha value is -1.62. The molecule has 1 aliphatic heterocycles. The van der Waals surface area contributed by atoms with Crippen LogP contribution in [-0.2, 0) is 0 Å². The molecule has 1 amide bonds. The first-order valence-corrected chi connectivity index (χ1v) is 6.80. The molecule has 0 aliphatic carbocycles. The fraction of sp³-hybridized carbons (Fsp3) is 0.571. The molecule has 3 N–H and O–H groups in total. The molecule has 2 rings (SSSR count). The van der Waals surface area contributed by atoms with Gasteiger partial charge in [0.15, 0.2) is 0 Å². The quantitative estimate of drug-likeness (QED) is 0.632. The van der Waals surface area contributed by atoms with Gasteiger partial charge < -0.3 is 10.3 Å². The maximum atomic E-state index is 12.7. The number of carbonyl (C=O) groups is 1. The average molecular weight is 262 g/mol. The number of hydrogen-bond acceptors (Lipinski definition) is 4. The molecular weight excluding hydrogens is 240 g/mol. The summed E-state index contributed by atoms with van der Waals surface area (Å²) in [6.07, 6.45) is 4.91. The molecule has 0 saturated carbocycles. The van der Waals surface area contributed by atoms with Gasteiger partial charge in [-0.15, -0.1) is 0 Å². The Balaban J connectivity index is 2.32. The van der Waals surface area contributed by atoms with Crippen LogP contribution in [0.4, 0.5) is 5.69 Å². The van der Waals surface area contributed by atoms with Crippen molar-refractivity contribution in [3.05, 3.63) is 23.5 Å². The number of hydrogen-bond donors (Lipinski definition) is 2. The van der Waals surface area contributed by atoms with E-state index in [2.05, 4.69) is 24.3 Å². The highest BCUT2D eigenvalue weighted by Crippen LogP contribution is 2.26. The number of aryl methyl sites for hydroxylation is 1. The van der Waals surface area contributed by atoms with Crippen LogP contribution >= 0.6 is 0 Å². The standard InChI is InChI=1S/C14H22N4O/c1-9-7-13(17-15)12(8-16-9)14(19)18-10(2)5-4-6-11(18)3/h7-8,10-11H,4-6,15H2,1-3H3,(H,16,17)/t10-,11+. The molecule has 0 bridgehead atoms. The Kier molecular flexibility index (Phi) is 4.04. The van der Waals surface area contributed by atoms with Crippen LogP contribution in [0.2, 0.25) is 0 Å². The second-order valence-electron chi connectivity index (χ2n) is 5.36. The molecule has 0 radical (unpaired) electrons. The van der Waals surface area contributed by atoms with E-state index in [9.17, 15) is 4.79 Å². The van der Waals surface area contributed by atoms with E-state index in [1.165, 1.54) is 6.42 Å². The summed E-state index contributed by atoms with van der Waals surface area (Å²) in [4.78, 5) is 18.9. The predicted octanol–water partition coefficient (Wildman–Crippen LogP) is 2.08. The number of nitrogens with two attached hydrogens (primary N) is 1. The number of anilines is 1. The van der Waals surface area contributed by atoms with Crippen molar-refractivity contribution in [1.29, 1.82) is 0 Å². The maximum Gasteiger partial charge on any atom is 0.258 e. The van der Waals surface area contributed by atoms with Gasteiger partial charge in [0.05, 0.1) is 11.3 Å². The minimum absolute atomic E-state index is 0.0140. The van der Waals surface area contributed by atoms with Crippen LogP contribution in [0.3, 0.4) is 0 Å². The summed E-state index contributed by atoms with van der Waals surface area (Å²) in [5, 5.41) is 0. The van der Waals surface area contributed by atoms with E-state index < -0.39 is 0 Å². The van der Waals surface area contributed by atoms with E-state index in [1.807, 2.05) is 11.8 Å². The molecule has 1 fully saturated rings. The summed E-state index contributed by atoms with van der Waals surface area (Å²) in [5.74, 6) is 5.52. The van der Waals surface area contributed by atoms with Gasteiger partial charge in [-0.05, 0) is 46.1 Å². The second kappa shape index (κ2) is 5.57. The summed E-state index contributed by atoms with van der Waals surface area (Å²) < 4.78 is 0. The zero-order chi connectivity index (χ0) is 14.0. The Labute approximate surface area is 114 Å². The lowest BCUT2D eigenvalue weighted by Crippen LogP contribution is -2.47. The van der Waals surface area contributed by atoms with Crippen LogP contribution in [0, 0.1) is 6.92 Å². The SMILES string of the molecule is Cc1cc(NN)c(C(=O)N2[C@H](C)CCC[C@@H]2C)cn1. The molecule has 1 aromatic heterocycles. The lowest BCUT2D eigenvalue weighted by Gasteiger charge is -2.39. The number of amides is 1. The fourth-order valence-electron chi connectivity index (χ4n) is 2.81. The van der Waals surface area contributed by atoms with Crippen LogP contribution in [0.1, 0.15) is 49.2 Å². The molecule has 2 atom stereocenters. The van der Waals surface area contributed by atoms with Gasteiger partial charge in [0.25, 0.3) is 5.91 Å². The number of nitrogens with zero attached hydrogens (tertiary/aromatic N) is 2. The minimum Gasteiger partial charge on any atom is -0.333 e. The van der Waals surface area contributed by atoms with Gasteiger partial charge in [-0.3, -0.25) is 15.6 Å². The summed E-state index contributed by atoms with van der Waals surface area (Å²) in [5.41, 5.74) is 4.63. The Morgan fingerprint density at radius 3 is 2.63 bits per heavy atom. The second-order valence-corrected chi connectivity index (χ2v) is 5.36. The third kappa shape index (κ3) is 2.71. The van der Waals surface area contributed by atoms with Gasteiger partial charge in [0.2, 0.25) is 0 Å². The topological polar surface area (TPSA) is 71.2 Å². The molecule has 0 unspecified atom stereocenters. The molecule has 104 valence electrons. The normalized spacial score (nSPS) is 23.3. The zero-order valence-electron chi connectivity index (χ0n) is 11.8. The number of pyridine rings is 1. The summed E-state index contributed by atoms with van der Waals surface area (Å²) in [6, 6.07) is 2.33. The van der Waals surface area contributed by atoms with Crippen molar-refractivity contribution >= 4 is 11.6 Å². The van der Waals surface area contributed by atoms with Gasteiger partial charge in [0, 0.05) is 24.0 Å². The predicted molar refractivity (Wildman–Crippen MR) is 75.7 cm³/mol. The highest BCUT2D eigenvalue weighted by molar-refractivity contribution is 5.99. The van der Waals surface area contributed by atoms with E-state index in [0.717, 1.165) is 18.5 Å². The number of carbonyl (C=O) groups excluding carboxylic acids is 1. The average Bonchev–Trinajstić information content (AvgIpc) is 2.38. The number of rotatable bonds is 2. The molecule has 1 saturated heterocycles. The largest absolute Gasteiger partial charge is 0.333 e. The highest BCUT2D eigenvalue weighted by Gasteiger charge is 2.30. The van der Waals surface area contributed by atoms with Gasteiger partial charge in [0.1, 0.15) is 0 Å². The van der Waals surface area contributed by atoms with Gasteiger partial charge in [-0.2, -0.15) is 0 Å². The number of nitrogens with one attached hydrogen (secondary N) is 1. The molecule has 5 heteroatoms. The molecule has 0 aromatic carbocycles. The van der Waals surface area contributed by atoms with Crippen LogP contribution in [0.15, 0.2) is 12.3 Å². The number of aromatic nitrogens is 1. The lowest BCUT2D eigenvalue weighted by molar-refractivity contribution is 0.0511. The number of nitrogen functional groups attached to an aromatic ring is 1. The van der Waals surface area contributed by atoms with E-state index >= 15 is 0 Å². The van der Waals surface area contributed by atoms with Crippen LogP contribution in [-0.4, -0.2) is 27.9 Å². The zero-order valence-corrected chi connectivity index (χ0v) is 11.8. The molecule has 0 spiro atoms. The van der Waals surface area contributed by atoms with Crippen LogP contribution in [0.25, 0.3) is 0 Å². The van der Waals surface area contributed by atoms with Crippen LogP contribution < -0.4 is 11.3 Å². The molecule has 1 aromatic rings. The lowest BCUT2D eigenvalue weighted by atomic mass is 9.96.